The molecular formula is C24H30FN3O3S. The summed E-state index contributed by atoms with van der Waals surface area (Å²) in [6, 6.07) is 4.62. The van der Waals surface area contributed by atoms with Crippen molar-refractivity contribution in [2.75, 3.05) is 14.2 Å². The number of hydrogen-bond acceptors (Lipinski definition) is 5. The number of fused-ring (bicyclic) bond motifs is 1. The number of carbonyl (C=O) groups is 2. The van der Waals surface area contributed by atoms with E-state index in [1.807, 2.05) is 0 Å². The summed E-state index contributed by atoms with van der Waals surface area (Å²) in [5, 5.41) is 4.01. The van der Waals surface area contributed by atoms with E-state index in [0.717, 1.165) is 17.8 Å². The van der Waals surface area contributed by atoms with Crippen LogP contribution in [0.1, 0.15) is 59.7 Å². The third-order valence-corrected chi connectivity index (χ3v) is 7.66. The average molecular weight is 460 g/mol. The molecule has 0 spiro atoms. The zero-order valence-electron chi connectivity index (χ0n) is 18.7. The topological polar surface area (TPSA) is 71.5 Å². The lowest BCUT2D eigenvalue weighted by molar-refractivity contribution is -0.131. The van der Waals surface area contributed by atoms with Crippen molar-refractivity contribution in [3.05, 3.63) is 45.2 Å². The number of thiazole rings is 1. The lowest BCUT2D eigenvalue weighted by Crippen LogP contribution is -2.44. The maximum absolute atomic E-state index is 14.4. The Balaban J connectivity index is 1.40. The maximum Gasteiger partial charge on any atom is 0.222 e. The van der Waals surface area contributed by atoms with Crippen molar-refractivity contribution in [3.63, 3.8) is 0 Å². The highest BCUT2D eigenvalue weighted by Crippen LogP contribution is 2.32. The molecule has 1 saturated heterocycles. The summed E-state index contributed by atoms with van der Waals surface area (Å²) in [5.74, 6) is 0.192. The molecule has 6 nitrogen and oxygen atoms in total. The fourth-order valence-electron chi connectivity index (χ4n) is 4.66. The van der Waals surface area contributed by atoms with E-state index in [9.17, 15) is 14.0 Å². The second-order valence-electron chi connectivity index (χ2n) is 8.90. The minimum Gasteiger partial charge on any atom is -0.497 e. The van der Waals surface area contributed by atoms with E-state index in [4.69, 9.17) is 9.72 Å². The lowest BCUT2D eigenvalue weighted by Gasteiger charge is -2.30. The monoisotopic (exact) mass is 459 g/mol. The number of hydrogen-bond donors (Lipinski definition) is 1. The molecule has 4 rings (SSSR count). The van der Waals surface area contributed by atoms with Crippen LogP contribution in [-0.4, -0.2) is 41.4 Å². The van der Waals surface area contributed by atoms with Gasteiger partial charge in [-0.2, -0.15) is 0 Å². The van der Waals surface area contributed by atoms with Crippen molar-refractivity contribution in [3.8, 4) is 5.75 Å². The number of rotatable bonds is 8. The first-order valence-corrected chi connectivity index (χ1v) is 12.0. The van der Waals surface area contributed by atoms with Crippen molar-refractivity contribution in [1.29, 1.82) is 0 Å². The van der Waals surface area contributed by atoms with E-state index in [2.05, 4.69) is 5.32 Å². The van der Waals surface area contributed by atoms with Crippen molar-refractivity contribution >= 4 is 23.2 Å². The number of halogens is 1. The number of amides is 2. The molecule has 1 aliphatic carbocycles. The van der Waals surface area contributed by atoms with Gasteiger partial charge in [0.15, 0.2) is 0 Å². The van der Waals surface area contributed by atoms with Gasteiger partial charge >= 0.3 is 0 Å². The molecule has 2 aromatic rings. The fraction of sp³-hybridized carbons (Fsp3) is 0.542. The molecule has 0 saturated carbocycles. The third-order valence-electron chi connectivity index (χ3n) is 6.52. The minimum absolute atomic E-state index is 0.00445. The Morgan fingerprint density at radius 2 is 2.12 bits per heavy atom. The van der Waals surface area contributed by atoms with Crippen LogP contribution in [0.25, 0.3) is 0 Å². The van der Waals surface area contributed by atoms with Crippen LogP contribution in [-0.2, 0) is 35.4 Å². The van der Waals surface area contributed by atoms with Gasteiger partial charge < -0.3 is 15.0 Å². The van der Waals surface area contributed by atoms with Gasteiger partial charge in [-0.25, -0.2) is 9.37 Å². The first kappa shape index (κ1) is 22.7. The first-order valence-electron chi connectivity index (χ1n) is 11.2. The van der Waals surface area contributed by atoms with E-state index in [1.54, 1.807) is 35.4 Å². The number of aromatic nitrogens is 1. The van der Waals surface area contributed by atoms with E-state index in [0.29, 0.717) is 43.5 Å². The highest BCUT2D eigenvalue weighted by Gasteiger charge is 2.38. The fourth-order valence-corrected chi connectivity index (χ4v) is 5.87. The summed E-state index contributed by atoms with van der Waals surface area (Å²) in [6.07, 6.45) is 6.58. The van der Waals surface area contributed by atoms with Crippen LogP contribution >= 0.6 is 11.3 Å². The summed E-state index contributed by atoms with van der Waals surface area (Å²) in [6.45, 7) is 0.500. The quantitative estimate of drug-likeness (QED) is 0.652. The Bertz CT molecular complexity index is 985. The van der Waals surface area contributed by atoms with Crippen LogP contribution in [0.5, 0.6) is 5.75 Å². The predicted octanol–water partition coefficient (Wildman–Crippen LogP) is 3.80. The molecule has 1 aromatic heterocycles. The minimum atomic E-state index is -0.624. The number of ether oxygens (including phenoxy) is 1. The van der Waals surface area contributed by atoms with Crippen LogP contribution in [0.4, 0.5) is 4.39 Å². The van der Waals surface area contributed by atoms with Crippen LogP contribution in [0.3, 0.4) is 0 Å². The summed E-state index contributed by atoms with van der Waals surface area (Å²) >= 11 is 1.72. The van der Waals surface area contributed by atoms with E-state index in [1.165, 1.54) is 36.6 Å². The van der Waals surface area contributed by atoms with Gasteiger partial charge in [0.1, 0.15) is 16.6 Å². The molecular weight excluding hydrogens is 429 g/mol. The van der Waals surface area contributed by atoms with Gasteiger partial charge in [0, 0.05) is 30.3 Å². The number of nitrogens with one attached hydrogen (secondary N) is 1. The third kappa shape index (κ3) is 5.11. The van der Waals surface area contributed by atoms with Gasteiger partial charge in [0.05, 0.1) is 19.3 Å². The molecule has 32 heavy (non-hydrogen) atoms. The predicted molar refractivity (Wildman–Crippen MR) is 121 cm³/mol. The lowest BCUT2D eigenvalue weighted by atomic mass is 9.84. The summed E-state index contributed by atoms with van der Waals surface area (Å²) in [5.41, 5.74) is 1.06. The van der Waals surface area contributed by atoms with E-state index >= 15 is 0 Å². The summed E-state index contributed by atoms with van der Waals surface area (Å²) in [4.78, 5) is 32.7. The van der Waals surface area contributed by atoms with Crippen molar-refractivity contribution < 1.29 is 18.7 Å². The SMILES string of the molecule is COc1ccc(F)c(C[C@]2(CCC(=O)N(C)Cc3nc4c(s3)CCCC4)CCC(=O)N2)c1. The molecule has 1 aromatic carbocycles. The van der Waals surface area contributed by atoms with Gasteiger partial charge in [-0.1, -0.05) is 0 Å². The van der Waals surface area contributed by atoms with Crippen molar-refractivity contribution in [2.24, 2.45) is 0 Å². The standard InChI is InChI=1S/C24H30FN3O3S/c1-28(15-22-26-19-5-3-4-6-20(19)32-22)23(30)10-12-24(11-9-21(29)27-24)14-16-13-17(31-2)7-8-18(16)25/h7-8,13H,3-6,9-12,14-15H2,1-2H3,(H,27,29)/t24-/m1/s1. The van der Waals surface area contributed by atoms with Crippen molar-refractivity contribution in [1.82, 2.24) is 15.2 Å². The van der Waals surface area contributed by atoms with Crippen molar-refractivity contribution in [2.45, 2.75) is 69.9 Å². The zero-order chi connectivity index (χ0) is 22.7. The number of benzene rings is 1. The van der Waals surface area contributed by atoms with Crippen LogP contribution in [0.2, 0.25) is 0 Å². The highest BCUT2D eigenvalue weighted by molar-refractivity contribution is 7.11. The second kappa shape index (κ2) is 9.57. The highest BCUT2D eigenvalue weighted by atomic mass is 32.1. The number of nitrogens with zero attached hydrogens (tertiary/aromatic N) is 2. The Kier molecular flexibility index (Phi) is 6.79. The molecule has 0 radical (unpaired) electrons. The summed E-state index contributed by atoms with van der Waals surface area (Å²) < 4.78 is 19.7. The average Bonchev–Trinajstić information content (AvgIpc) is 3.36. The Labute approximate surface area is 192 Å². The largest absolute Gasteiger partial charge is 0.497 e. The van der Waals surface area contributed by atoms with Gasteiger partial charge in [-0.3, -0.25) is 9.59 Å². The molecule has 172 valence electrons. The Hall–Kier alpha value is -2.48. The molecule has 1 N–H and O–H groups in total. The summed E-state index contributed by atoms with van der Waals surface area (Å²) in [7, 11) is 3.34. The van der Waals surface area contributed by atoms with Gasteiger partial charge in [0.25, 0.3) is 0 Å². The Morgan fingerprint density at radius 1 is 1.31 bits per heavy atom. The zero-order valence-corrected chi connectivity index (χ0v) is 19.5. The molecule has 0 bridgehead atoms. The molecule has 2 amide bonds. The molecule has 2 heterocycles. The van der Waals surface area contributed by atoms with Gasteiger partial charge in [0.2, 0.25) is 11.8 Å². The first-order chi connectivity index (χ1) is 15.4. The Morgan fingerprint density at radius 3 is 2.84 bits per heavy atom. The maximum atomic E-state index is 14.4. The molecule has 1 fully saturated rings. The number of methoxy groups -OCH3 is 1. The van der Waals surface area contributed by atoms with Gasteiger partial charge in [-0.05, 0) is 68.7 Å². The molecule has 1 atom stereocenters. The molecule has 1 aliphatic heterocycles. The van der Waals surface area contributed by atoms with Crippen LogP contribution in [0.15, 0.2) is 18.2 Å². The second-order valence-corrected chi connectivity index (χ2v) is 10.1. The molecule has 2 aliphatic rings. The van der Waals surface area contributed by atoms with E-state index < -0.39 is 5.54 Å². The van der Waals surface area contributed by atoms with Crippen LogP contribution in [0, 0.1) is 5.82 Å². The number of carbonyl (C=O) groups excluding carboxylic acids is 2. The van der Waals surface area contributed by atoms with Gasteiger partial charge in [-0.15, -0.1) is 11.3 Å². The molecule has 8 heteroatoms. The smallest absolute Gasteiger partial charge is 0.222 e. The van der Waals surface area contributed by atoms with Crippen LogP contribution < -0.4 is 10.1 Å². The van der Waals surface area contributed by atoms with E-state index in [-0.39, 0.29) is 24.1 Å². The normalized spacial score (nSPS) is 20.0. The molecule has 0 unspecified atom stereocenters. The number of aryl methyl sites for hydroxylation is 2.